The molecule has 0 aliphatic rings. The van der Waals surface area contributed by atoms with E-state index >= 15 is 0 Å². The predicted molar refractivity (Wildman–Crippen MR) is 238 cm³/mol. The van der Waals surface area contributed by atoms with Crippen LogP contribution >= 0.6 is 0 Å². The van der Waals surface area contributed by atoms with Crippen LogP contribution in [-0.4, -0.2) is 0 Å². The van der Waals surface area contributed by atoms with Gasteiger partial charge in [0, 0.05) is 17.1 Å². The molecule has 0 heterocycles. The lowest BCUT2D eigenvalue weighted by atomic mass is 9.92. The van der Waals surface area contributed by atoms with E-state index in [4.69, 9.17) is 0 Å². The largest absolute Gasteiger partial charge is 0.310 e. The van der Waals surface area contributed by atoms with Gasteiger partial charge in [0.05, 0.1) is 0 Å². The fourth-order valence-electron chi connectivity index (χ4n) is 7.86. The van der Waals surface area contributed by atoms with Gasteiger partial charge in [-0.1, -0.05) is 183 Å². The number of hydrogen-bond acceptors (Lipinski definition) is 1. The highest BCUT2D eigenvalue weighted by molar-refractivity contribution is 6.25. The van der Waals surface area contributed by atoms with Gasteiger partial charge in [0.2, 0.25) is 0 Å². The maximum absolute atomic E-state index is 4.02. The van der Waals surface area contributed by atoms with Crippen molar-refractivity contribution in [2.24, 2.45) is 0 Å². The van der Waals surface area contributed by atoms with Crippen LogP contribution in [0.15, 0.2) is 226 Å². The van der Waals surface area contributed by atoms with Gasteiger partial charge in [0.1, 0.15) is 0 Å². The molecule has 0 bridgehead atoms. The van der Waals surface area contributed by atoms with Gasteiger partial charge in [-0.15, -0.1) is 0 Å². The van der Waals surface area contributed by atoms with Crippen LogP contribution in [0.3, 0.4) is 0 Å². The predicted octanol–water partition coefficient (Wildman–Crippen LogP) is 15.4. The molecule has 9 rings (SSSR count). The minimum atomic E-state index is 1.04. The summed E-state index contributed by atoms with van der Waals surface area (Å²) in [7, 11) is 0. The van der Waals surface area contributed by atoms with E-state index in [9.17, 15) is 0 Å². The standard InChI is InChI=1S/C54H39N/c1-3-13-38(4-2)40-26-31-46(32-27-40)55(47-33-28-43(29-34-47)42-24-22-41(23-25-42)39-14-6-5-7-15-39)48-17-12-16-44(36-48)45-30-35-53-51-20-9-8-18-49(51)50-19-10-11-21-52(50)54(53)37-45/h3-37H,1-2H2/b38-13+. The molecule has 0 fully saturated rings. The molecule has 0 saturated heterocycles. The Morgan fingerprint density at radius 3 is 1.35 bits per heavy atom. The molecule has 0 aliphatic heterocycles. The van der Waals surface area contributed by atoms with Crippen LogP contribution in [0.25, 0.3) is 71.3 Å². The van der Waals surface area contributed by atoms with Crippen LogP contribution in [0.4, 0.5) is 17.1 Å². The van der Waals surface area contributed by atoms with Crippen molar-refractivity contribution >= 4 is 55.0 Å². The van der Waals surface area contributed by atoms with E-state index in [0.717, 1.165) is 33.8 Å². The zero-order valence-electron chi connectivity index (χ0n) is 30.6. The quantitative estimate of drug-likeness (QED) is 0.107. The fraction of sp³-hybridized carbons (Fsp3) is 0. The van der Waals surface area contributed by atoms with Crippen molar-refractivity contribution in [2.75, 3.05) is 4.90 Å². The number of anilines is 3. The molecule has 0 saturated carbocycles. The number of rotatable bonds is 9. The highest BCUT2D eigenvalue weighted by Gasteiger charge is 2.16. The summed E-state index contributed by atoms with van der Waals surface area (Å²) in [5.41, 5.74) is 12.5. The number of fused-ring (bicyclic) bond motifs is 6. The molecular formula is C54H39N. The summed E-state index contributed by atoms with van der Waals surface area (Å²) in [6.07, 6.45) is 5.67. The average molecular weight is 702 g/mol. The smallest absolute Gasteiger partial charge is 0.0467 e. The first kappa shape index (κ1) is 33.6. The second-order valence-corrected chi connectivity index (χ2v) is 13.8. The second kappa shape index (κ2) is 14.7. The monoisotopic (exact) mass is 701 g/mol. The van der Waals surface area contributed by atoms with Crippen molar-refractivity contribution in [2.45, 2.75) is 0 Å². The lowest BCUT2D eigenvalue weighted by Gasteiger charge is -2.26. The van der Waals surface area contributed by atoms with E-state index in [1.165, 1.54) is 60.1 Å². The Morgan fingerprint density at radius 2 is 0.782 bits per heavy atom. The SMILES string of the molecule is C=C/C=C(\C=C)c1ccc(N(c2ccc(-c3ccc(-c4ccccc4)cc3)cc2)c2cccc(-c3ccc4c5ccccc5c5ccccc5c4c3)c2)cc1. The van der Waals surface area contributed by atoms with E-state index in [-0.39, 0.29) is 0 Å². The zero-order chi connectivity index (χ0) is 37.1. The minimum absolute atomic E-state index is 1.04. The molecule has 0 amide bonds. The van der Waals surface area contributed by atoms with Crippen LogP contribution in [0.5, 0.6) is 0 Å². The van der Waals surface area contributed by atoms with E-state index in [1.807, 2.05) is 12.2 Å². The lowest BCUT2D eigenvalue weighted by molar-refractivity contribution is 1.28. The Kier molecular flexibility index (Phi) is 8.96. The maximum Gasteiger partial charge on any atom is 0.0467 e. The van der Waals surface area contributed by atoms with Crippen molar-refractivity contribution in [3.63, 3.8) is 0 Å². The van der Waals surface area contributed by atoms with Gasteiger partial charge in [-0.3, -0.25) is 0 Å². The summed E-state index contributed by atoms with van der Waals surface area (Å²) in [5.74, 6) is 0. The third kappa shape index (κ3) is 6.43. The van der Waals surface area contributed by atoms with E-state index < -0.39 is 0 Å². The first-order valence-corrected chi connectivity index (χ1v) is 18.7. The third-order valence-corrected chi connectivity index (χ3v) is 10.6. The number of nitrogens with zero attached hydrogens (tertiary/aromatic N) is 1. The van der Waals surface area contributed by atoms with Crippen LogP contribution in [0, 0.1) is 0 Å². The summed E-state index contributed by atoms with van der Waals surface area (Å²) in [4.78, 5) is 2.34. The van der Waals surface area contributed by atoms with Crippen LogP contribution in [0.1, 0.15) is 5.56 Å². The van der Waals surface area contributed by atoms with E-state index in [0.29, 0.717) is 0 Å². The molecule has 0 aromatic heterocycles. The van der Waals surface area contributed by atoms with Gasteiger partial charge < -0.3 is 4.90 Å². The summed E-state index contributed by atoms with van der Waals surface area (Å²) >= 11 is 0. The second-order valence-electron chi connectivity index (χ2n) is 13.8. The van der Waals surface area contributed by atoms with Crippen molar-refractivity contribution in [1.29, 1.82) is 0 Å². The number of allylic oxidation sites excluding steroid dienone is 4. The molecule has 9 aromatic carbocycles. The molecular weight excluding hydrogens is 663 g/mol. The van der Waals surface area contributed by atoms with Crippen molar-refractivity contribution in [3.8, 4) is 33.4 Å². The Morgan fingerprint density at radius 1 is 0.345 bits per heavy atom. The molecule has 55 heavy (non-hydrogen) atoms. The highest BCUT2D eigenvalue weighted by Crippen LogP contribution is 2.40. The highest BCUT2D eigenvalue weighted by atomic mass is 15.1. The molecule has 1 heteroatoms. The summed E-state index contributed by atoms with van der Waals surface area (Å²) in [5, 5.41) is 7.67. The fourth-order valence-corrected chi connectivity index (χ4v) is 7.86. The summed E-state index contributed by atoms with van der Waals surface area (Å²) in [6, 6.07) is 70.2. The lowest BCUT2D eigenvalue weighted by Crippen LogP contribution is -2.10. The number of benzene rings is 9. The zero-order valence-corrected chi connectivity index (χ0v) is 30.6. The van der Waals surface area contributed by atoms with Crippen molar-refractivity contribution in [1.82, 2.24) is 0 Å². The molecule has 260 valence electrons. The maximum atomic E-state index is 4.02. The van der Waals surface area contributed by atoms with Gasteiger partial charge in [-0.25, -0.2) is 0 Å². The first-order chi connectivity index (χ1) is 27.2. The van der Waals surface area contributed by atoms with Gasteiger partial charge in [0.15, 0.2) is 0 Å². The van der Waals surface area contributed by atoms with E-state index in [2.05, 4.69) is 212 Å². The Bertz CT molecular complexity index is 2830. The molecule has 9 aromatic rings. The van der Waals surface area contributed by atoms with Crippen molar-refractivity contribution < 1.29 is 0 Å². The molecule has 0 radical (unpaired) electrons. The van der Waals surface area contributed by atoms with E-state index in [1.54, 1.807) is 6.08 Å². The van der Waals surface area contributed by atoms with Crippen LogP contribution in [-0.2, 0) is 0 Å². The molecule has 0 N–H and O–H groups in total. The van der Waals surface area contributed by atoms with Gasteiger partial charge in [0.25, 0.3) is 0 Å². The summed E-state index contributed by atoms with van der Waals surface area (Å²) < 4.78 is 0. The normalized spacial score (nSPS) is 11.5. The molecule has 0 unspecified atom stereocenters. The topological polar surface area (TPSA) is 3.24 Å². The molecule has 0 aliphatic carbocycles. The molecule has 0 spiro atoms. The van der Waals surface area contributed by atoms with Gasteiger partial charge in [-0.05, 0) is 119 Å². The van der Waals surface area contributed by atoms with Gasteiger partial charge >= 0.3 is 0 Å². The Balaban J connectivity index is 1.12. The van der Waals surface area contributed by atoms with Crippen LogP contribution < -0.4 is 4.90 Å². The summed E-state index contributed by atoms with van der Waals surface area (Å²) in [6.45, 7) is 7.92. The number of hydrogen-bond donors (Lipinski definition) is 0. The molecule has 1 nitrogen and oxygen atoms in total. The van der Waals surface area contributed by atoms with Crippen molar-refractivity contribution in [3.05, 3.63) is 231 Å². The minimum Gasteiger partial charge on any atom is -0.310 e. The third-order valence-electron chi connectivity index (χ3n) is 10.6. The Hall–Kier alpha value is -7.22. The van der Waals surface area contributed by atoms with Crippen LogP contribution in [0.2, 0.25) is 0 Å². The first-order valence-electron chi connectivity index (χ1n) is 18.7. The van der Waals surface area contributed by atoms with Gasteiger partial charge in [-0.2, -0.15) is 0 Å². The Labute approximate surface area is 323 Å². The molecule has 0 atom stereocenters. The average Bonchev–Trinajstić information content (AvgIpc) is 3.26.